The number of anilines is 1. The Labute approximate surface area is 170 Å². The first kappa shape index (κ1) is 19.2. The summed E-state index contributed by atoms with van der Waals surface area (Å²) in [6, 6.07) is 13.1. The quantitative estimate of drug-likeness (QED) is 0.603. The van der Waals surface area contributed by atoms with E-state index in [1.54, 1.807) is 36.4 Å². The van der Waals surface area contributed by atoms with Crippen molar-refractivity contribution in [3.8, 4) is 17.2 Å². The first-order chi connectivity index (χ1) is 14.0. The van der Waals surface area contributed by atoms with Gasteiger partial charge in [-0.15, -0.1) is 10.2 Å². The van der Waals surface area contributed by atoms with E-state index in [1.807, 2.05) is 0 Å². The average molecular weight is 433 g/mol. The van der Waals surface area contributed by atoms with E-state index in [0.29, 0.717) is 17.2 Å². The normalized spacial score (nSPS) is 12.6. The molecule has 11 heteroatoms. The number of nitrogens with one attached hydrogen (secondary N) is 1. The molecule has 0 saturated carbocycles. The van der Waals surface area contributed by atoms with Crippen LogP contribution in [0.5, 0.6) is 17.2 Å². The van der Waals surface area contributed by atoms with Gasteiger partial charge in [0.1, 0.15) is 16.5 Å². The van der Waals surface area contributed by atoms with Gasteiger partial charge in [-0.3, -0.25) is 10.1 Å². The second kappa shape index (κ2) is 8.05. The van der Waals surface area contributed by atoms with Crippen molar-refractivity contribution < 1.29 is 27.4 Å². The smallest absolute Gasteiger partial charge is 0.264 e. The number of nitrogens with zero attached hydrogens (tertiary/aromatic N) is 2. The summed E-state index contributed by atoms with van der Waals surface area (Å²) < 4.78 is 40.7. The first-order valence-electron chi connectivity index (χ1n) is 8.42. The van der Waals surface area contributed by atoms with Crippen molar-refractivity contribution in [1.29, 1.82) is 0 Å². The van der Waals surface area contributed by atoms with Crippen molar-refractivity contribution in [2.45, 2.75) is 10.6 Å². The zero-order valence-electron chi connectivity index (χ0n) is 14.9. The molecule has 0 unspecified atom stereocenters. The lowest BCUT2D eigenvalue weighted by Crippen LogP contribution is -2.20. The highest BCUT2D eigenvalue weighted by molar-refractivity contribution is 7.90. The molecule has 0 bridgehead atoms. The number of aromatic nitrogens is 2. The predicted molar refractivity (Wildman–Crippen MR) is 104 cm³/mol. The molecular formula is C18H15N3O6S2. The molecule has 4 rings (SSSR count). The maximum atomic E-state index is 12.4. The van der Waals surface area contributed by atoms with Crippen LogP contribution in [0, 0.1) is 0 Å². The van der Waals surface area contributed by atoms with Gasteiger partial charge < -0.3 is 14.2 Å². The summed E-state index contributed by atoms with van der Waals surface area (Å²) in [5.74, 6) is 0.885. The summed E-state index contributed by atoms with van der Waals surface area (Å²) in [5, 5.41) is 10.7. The molecule has 1 aliphatic heterocycles. The Morgan fingerprint density at radius 3 is 2.72 bits per heavy atom. The molecule has 1 amide bonds. The largest absolute Gasteiger partial charge is 0.484 e. The van der Waals surface area contributed by atoms with Gasteiger partial charge in [-0.1, -0.05) is 29.5 Å². The van der Waals surface area contributed by atoms with Crippen molar-refractivity contribution in [3.63, 3.8) is 0 Å². The Bertz CT molecular complexity index is 1130. The van der Waals surface area contributed by atoms with Crippen molar-refractivity contribution in [2.75, 3.05) is 18.7 Å². The standard InChI is InChI=1S/C18H15N3O6S2/c22-16(9-25-12-6-7-14-15(8-12)27-11-26-14)19-18-21-20-17(28-18)10-29(23,24)13-4-2-1-3-5-13/h1-8H,9-11H2,(H,19,21,22). The molecule has 0 saturated heterocycles. The predicted octanol–water partition coefficient (Wildman–Crippen LogP) is 2.26. The summed E-state index contributed by atoms with van der Waals surface area (Å²) in [5.41, 5.74) is 0. The van der Waals surface area contributed by atoms with Crippen molar-refractivity contribution in [2.24, 2.45) is 0 Å². The van der Waals surface area contributed by atoms with Gasteiger partial charge in [-0.25, -0.2) is 8.42 Å². The Balaban J connectivity index is 1.32. The van der Waals surface area contributed by atoms with E-state index >= 15 is 0 Å². The second-order valence-electron chi connectivity index (χ2n) is 5.93. The van der Waals surface area contributed by atoms with Crippen LogP contribution in [0.15, 0.2) is 53.4 Å². The van der Waals surface area contributed by atoms with Gasteiger partial charge >= 0.3 is 0 Å². The average Bonchev–Trinajstić information content (AvgIpc) is 3.35. The molecule has 0 atom stereocenters. The topological polar surface area (TPSA) is 117 Å². The minimum Gasteiger partial charge on any atom is -0.484 e. The van der Waals surface area contributed by atoms with Crippen LogP contribution in [0.3, 0.4) is 0 Å². The number of hydrogen-bond acceptors (Lipinski definition) is 9. The minimum absolute atomic E-state index is 0.151. The van der Waals surface area contributed by atoms with Gasteiger partial charge in [0.25, 0.3) is 5.91 Å². The van der Waals surface area contributed by atoms with E-state index in [-0.39, 0.29) is 34.2 Å². The number of rotatable bonds is 7. The zero-order valence-corrected chi connectivity index (χ0v) is 16.5. The van der Waals surface area contributed by atoms with Crippen LogP contribution in [0.4, 0.5) is 5.13 Å². The third kappa shape index (κ3) is 4.63. The van der Waals surface area contributed by atoms with E-state index in [1.165, 1.54) is 12.1 Å². The third-order valence-corrected chi connectivity index (χ3v) is 6.51. The van der Waals surface area contributed by atoms with Gasteiger partial charge in [0.2, 0.25) is 11.9 Å². The Morgan fingerprint density at radius 1 is 1.10 bits per heavy atom. The molecule has 150 valence electrons. The lowest BCUT2D eigenvalue weighted by Gasteiger charge is -2.06. The molecule has 9 nitrogen and oxygen atoms in total. The molecule has 1 N–H and O–H groups in total. The molecule has 0 aliphatic carbocycles. The first-order valence-corrected chi connectivity index (χ1v) is 10.9. The van der Waals surface area contributed by atoms with Crippen molar-refractivity contribution >= 4 is 32.2 Å². The number of carbonyl (C=O) groups excluding carboxylic acids is 1. The molecule has 29 heavy (non-hydrogen) atoms. The Hall–Kier alpha value is -3.18. The number of carbonyl (C=O) groups is 1. The fourth-order valence-corrected chi connectivity index (χ4v) is 4.88. The Kier molecular flexibility index (Phi) is 5.32. The van der Waals surface area contributed by atoms with E-state index < -0.39 is 15.7 Å². The highest BCUT2D eigenvalue weighted by Crippen LogP contribution is 2.35. The summed E-state index contributed by atoms with van der Waals surface area (Å²) in [6.45, 7) is -0.102. The van der Waals surface area contributed by atoms with Crippen LogP contribution in [0.1, 0.15) is 5.01 Å². The highest BCUT2D eigenvalue weighted by Gasteiger charge is 2.19. The number of benzene rings is 2. The van der Waals surface area contributed by atoms with Crippen LogP contribution in [0.2, 0.25) is 0 Å². The number of amides is 1. The van der Waals surface area contributed by atoms with E-state index in [2.05, 4.69) is 15.5 Å². The summed E-state index contributed by atoms with van der Waals surface area (Å²) >= 11 is 0.995. The lowest BCUT2D eigenvalue weighted by atomic mass is 10.3. The number of sulfone groups is 1. The maximum Gasteiger partial charge on any atom is 0.264 e. The fourth-order valence-electron chi connectivity index (χ4n) is 2.51. The minimum atomic E-state index is -3.53. The Morgan fingerprint density at radius 2 is 1.90 bits per heavy atom. The fraction of sp³-hybridized carbons (Fsp3) is 0.167. The van der Waals surface area contributed by atoms with E-state index in [0.717, 1.165) is 11.3 Å². The lowest BCUT2D eigenvalue weighted by molar-refractivity contribution is -0.118. The summed E-state index contributed by atoms with van der Waals surface area (Å²) in [7, 11) is -3.53. The summed E-state index contributed by atoms with van der Waals surface area (Å²) in [4.78, 5) is 12.3. The van der Waals surface area contributed by atoms with Crippen LogP contribution in [-0.4, -0.2) is 37.9 Å². The molecule has 1 aliphatic rings. The molecule has 3 aromatic rings. The number of hydrogen-bond donors (Lipinski definition) is 1. The van der Waals surface area contributed by atoms with Crippen LogP contribution in [0.25, 0.3) is 0 Å². The molecule has 2 aromatic carbocycles. The van der Waals surface area contributed by atoms with Gasteiger partial charge in [0, 0.05) is 6.07 Å². The van der Waals surface area contributed by atoms with Gasteiger partial charge in [0.15, 0.2) is 27.9 Å². The van der Waals surface area contributed by atoms with Gasteiger partial charge in [-0.05, 0) is 24.3 Å². The summed E-state index contributed by atoms with van der Waals surface area (Å²) in [6.07, 6.45) is 0. The van der Waals surface area contributed by atoms with Crippen LogP contribution >= 0.6 is 11.3 Å². The zero-order chi connectivity index (χ0) is 20.3. The van der Waals surface area contributed by atoms with Crippen molar-refractivity contribution in [1.82, 2.24) is 10.2 Å². The highest BCUT2D eigenvalue weighted by atomic mass is 32.2. The molecule has 1 aromatic heterocycles. The SMILES string of the molecule is O=C(COc1ccc2c(c1)OCO2)Nc1nnc(CS(=O)(=O)c2ccccc2)s1. The number of ether oxygens (including phenoxy) is 3. The van der Waals surface area contributed by atoms with Gasteiger partial charge in [0.05, 0.1) is 4.90 Å². The maximum absolute atomic E-state index is 12.4. The van der Waals surface area contributed by atoms with Crippen LogP contribution in [-0.2, 0) is 20.4 Å². The molecule has 2 heterocycles. The molecule has 0 spiro atoms. The monoisotopic (exact) mass is 433 g/mol. The van der Waals surface area contributed by atoms with Crippen LogP contribution < -0.4 is 19.5 Å². The van der Waals surface area contributed by atoms with Gasteiger partial charge in [-0.2, -0.15) is 0 Å². The molecule has 0 radical (unpaired) electrons. The van der Waals surface area contributed by atoms with E-state index in [4.69, 9.17) is 14.2 Å². The van der Waals surface area contributed by atoms with Crippen molar-refractivity contribution in [3.05, 3.63) is 53.5 Å². The molecule has 0 fully saturated rings. The third-order valence-electron chi connectivity index (χ3n) is 3.84. The second-order valence-corrected chi connectivity index (χ2v) is 8.98. The van der Waals surface area contributed by atoms with E-state index in [9.17, 15) is 13.2 Å². The number of fused-ring (bicyclic) bond motifs is 1. The molecular weight excluding hydrogens is 418 g/mol.